The van der Waals surface area contributed by atoms with E-state index in [0.29, 0.717) is 23.7 Å². The van der Waals surface area contributed by atoms with Crippen LogP contribution in [0, 0.1) is 11.7 Å². The van der Waals surface area contributed by atoms with E-state index in [2.05, 4.69) is 10.6 Å². The Balaban J connectivity index is 0.00000208. The number of para-hydroxylation sites is 1. The van der Waals surface area contributed by atoms with Gasteiger partial charge in [-0.2, -0.15) is 0 Å². The molecule has 128 valence electrons. The molecule has 0 radical (unpaired) electrons. The number of hydrogen-bond donors (Lipinski definition) is 2. The zero-order chi connectivity index (χ0) is 16.1. The molecule has 24 heavy (non-hydrogen) atoms. The third-order valence-electron chi connectivity index (χ3n) is 3.84. The smallest absolute Gasteiger partial charge is 0.228 e. The van der Waals surface area contributed by atoms with Gasteiger partial charge in [-0.3, -0.25) is 4.79 Å². The number of halogens is 2. The number of carbonyl (C=O) groups is 1. The lowest BCUT2D eigenvalue weighted by molar-refractivity contribution is -0.120. The maximum absolute atomic E-state index is 13.6. The van der Waals surface area contributed by atoms with Crippen molar-refractivity contribution in [2.45, 2.75) is 12.8 Å². The van der Waals surface area contributed by atoms with Crippen molar-refractivity contribution in [1.29, 1.82) is 0 Å². The van der Waals surface area contributed by atoms with Crippen LogP contribution in [0.1, 0.15) is 12.8 Å². The molecular formula is C18H20ClFN2O2. The summed E-state index contributed by atoms with van der Waals surface area (Å²) in [6.07, 6.45) is 1.80. The van der Waals surface area contributed by atoms with Crippen molar-refractivity contribution < 1.29 is 13.9 Å². The Hall–Kier alpha value is -2.11. The highest BCUT2D eigenvalue weighted by atomic mass is 35.5. The van der Waals surface area contributed by atoms with Gasteiger partial charge in [0, 0.05) is 12.6 Å². The van der Waals surface area contributed by atoms with E-state index < -0.39 is 5.82 Å². The summed E-state index contributed by atoms with van der Waals surface area (Å²) >= 11 is 0. The van der Waals surface area contributed by atoms with Crippen LogP contribution in [0.3, 0.4) is 0 Å². The summed E-state index contributed by atoms with van der Waals surface area (Å²) in [6, 6.07) is 13.3. The first-order chi connectivity index (χ1) is 11.2. The Bertz CT molecular complexity index is 676. The predicted octanol–water partition coefficient (Wildman–Crippen LogP) is 3.98. The van der Waals surface area contributed by atoms with Crippen LogP contribution in [0.25, 0.3) is 0 Å². The van der Waals surface area contributed by atoms with Gasteiger partial charge in [0.15, 0.2) is 5.75 Å². The van der Waals surface area contributed by atoms with Gasteiger partial charge in [0.2, 0.25) is 5.91 Å². The Morgan fingerprint density at radius 2 is 2.00 bits per heavy atom. The summed E-state index contributed by atoms with van der Waals surface area (Å²) in [6.45, 7) is 1.59. The van der Waals surface area contributed by atoms with E-state index in [4.69, 9.17) is 4.74 Å². The quantitative estimate of drug-likeness (QED) is 0.877. The highest BCUT2D eigenvalue weighted by Crippen LogP contribution is 2.30. The van der Waals surface area contributed by atoms with E-state index in [9.17, 15) is 9.18 Å². The van der Waals surface area contributed by atoms with E-state index >= 15 is 0 Å². The second kappa shape index (κ2) is 8.66. The molecule has 0 bridgehead atoms. The standard InChI is InChI=1S/C18H19FN2O2.ClH/c19-14-8-9-17(23-15-6-2-1-3-7-15)16(11-14)21-18(22)13-5-4-10-20-12-13;/h1-3,6-9,11,13,20H,4-5,10,12H2,(H,21,22);1H. The van der Waals surface area contributed by atoms with Gasteiger partial charge in [0.1, 0.15) is 11.6 Å². The number of ether oxygens (including phenoxy) is 1. The van der Waals surface area contributed by atoms with Gasteiger partial charge in [0.25, 0.3) is 0 Å². The van der Waals surface area contributed by atoms with Gasteiger partial charge in [-0.05, 0) is 43.7 Å². The van der Waals surface area contributed by atoms with E-state index in [1.54, 1.807) is 12.1 Å². The Morgan fingerprint density at radius 1 is 1.21 bits per heavy atom. The molecule has 2 aromatic rings. The predicted molar refractivity (Wildman–Crippen MR) is 94.4 cm³/mol. The highest BCUT2D eigenvalue weighted by molar-refractivity contribution is 5.94. The van der Waals surface area contributed by atoms with E-state index in [1.165, 1.54) is 18.2 Å². The maximum atomic E-state index is 13.6. The van der Waals surface area contributed by atoms with Crippen molar-refractivity contribution in [3.05, 3.63) is 54.3 Å². The first kappa shape index (κ1) is 18.2. The van der Waals surface area contributed by atoms with Crippen LogP contribution in [0.2, 0.25) is 0 Å². The number of hydrogen-bond acceptors (Lipinski definition) is 3. The molecule has 1 amide bonds. The monoisotopic (exact) mass is 350 g/mol. The molecule has 1 unspecified atom stereocenters. The molecule has 1 fully saturated rings. The molecule has 1 saturated heterocycles. The fourth-order valence-corrected chi connectivity index (χ4v) is 2.61. The van der Waals surface area contributed by atoms with Crippen LogP contribution in [-0.4, -0.2) is 19.0 Å². The molecule has 1 aliphatic rings. The van der Waals surface area contributed by atoms with Gasteiger partial charge in [0.05, 0.1) is 11.6 Å². The zero-order valence-electron chi connectivity index (χ0n) is 13.1. The van der Waals surface area contributed by atoms with Gasteiger partial charge >= 0.3 is 0 Å². The summed E-state index contributed by atoms with van der Waals surface area (Å²) in [4.78, 5) is 12.4. The molecule has 2 N–H and O–H groups in total. The van der Waals surface area contributed by atoms with Gasteiger partial charge in [-0.15, -0.1) is 12.4 Å². The molecule has 3 rings (SSSR count). The van der Waals surface area contributed by atoms with Crippen molar-refractivity contribution in [3.8, 4) is 11.5 Å². The average molecular weight is 351 g/mol. The molecule has 4 nitrogen and oxygen atoms in total. The minimum absolute atomic E-state index is 0. The number of piperidine rings is 1. The van der Waals surface area contributed by atoms with Crippen molar-refractivity contribution in [3.63, 3.8) is 0 Å². The SMILES string of the molecule is Cl.O=C(Nc1cc(F)ccc1Oc1ccccc1)C1CCCNC1. The Labute approximate surface area is 146 Å². The van der Waals surface area contributed by atoms with Crippen molar-refractivity contribution in [2.24, 2.45) is 5.92 Å². The number of benzene rings is 2. The Morgan fingerprint density at radius 3 is 2.71 bits per heavy atom. The lowest BCUT2D eigenvalue weighted by Gasteiger charge is -2.22. The number of anilines is 1. The number of nitrogens with one attached hydrogen (secondary N) is 2. The number of rotatable bonds is 4. The van der Waals surface area contributed by atoms with Gasteiger partial charge < -0.3 is 15.4 Å². The first-order valence-electron chi connectivity index (χ1n) is 7.76. The lowest BCUT2D eigenvalue weighted by Crippen LogP contribution is -2.37. The number of amides is 1. The highest BCUT2D eigenvalue weighted by Gasteiger charge is 2.22. The molecule has 2 aromatic carbocycles. The molecule has 1 heterocycles. The average Bonchev–Trinajstić information content (AvgIpc) is 2.59. The second-order valence-corrected chi connectivity index (χ2v) is 5.59. The van der Waals surface area contributed by atoms with Crippen LogP contribution < -0.4 is 15.4 Å². The zero-order valence-corrected chi connectivity index (χ0v) is 13.9. The molecule has 0 aromatic heterocycles. The third kappa shape index (κ3) is 4.69. The van der Waals surface area contributed by atoms with Crippen LogP contribution >= 0.6 is 12.4 Å². The molecule has 6 heteroatoms. The number of carbonyl (C=O) groups excluding carboxylic acids is 1. The van der Waals surface area contributed by atoms with Crippen LogP contribution in [0.15, 0.2) is 48.5 Å². The Kier molecular flexibility index (Phi) is 6.58. The molecule has 1 aliphatic heterocycles. The van der Waals surface area contributed by atoms with Crippen molar-refractivity contribution in [1.82, 2.24) is 5.32 Å². The maximum Gasteiger partial charge on any atom is 0.228 e. The fraction of sp³-hybridized carbons (Fsp3) is 0.278. The van der Waals surface area contributed by atoms with E-state index in [-0.39, 0.29) is 24.2 Å². The molecular weight excluding hydrogens is 331 g/mol. The van der Waals surface area contributed by atoms with Crippen LogP contribution in [0.4, 0.5) is 10.1 Å². The van der Waals surface area contributed by atoms with E-state index in [0.717, 1.165) is 19.4 Å². The van der Waals surface area contributed by atoms with Crippen LogP contribution in [0.5, 0.6) is 11.5 Å². The fourth-order valence-electron chi connectivity index (χ4n) is 2.61. The topological polar surface area (TPSA) is 50.4 Å². The van der Waals surface area contributed by atoms with Crippen LogP contribution in [-0.2, 0) is 4.79 Å². The van der Waals surface area contributed by atoms with Crippen molar-refractivity contribution >= 4 is 24.0 Å². The first-order valence-corrected chi connectivity index (χ1v) is 7.76. The second-order valence-electron chi connectivity index (χ2n) is 5.59. The van der Waals surface area contributed by atoms with Crippen molar-refractivity contribution in [2.75, 3.05) is 18.4 Å². The normalized spacial score (nSPS) is 16.8. The molecule has 0 spiro atoms. The summed E-state index contributed by atoms with van der Waals surface area (Å²) in [7, 11) is 0. The molecule has 0 saturated carbocycles. The lowest BCUT2D eigenvalue weighted by atomic mass is 9.99. The minimum Gasteiger partial charge on any atom is -0.455 e. The molecule has 0 aliphatic carbocycles. The third-order valence-corrected chi connectivity index (χ3v) is 3.84. The summed E-state index contributed by atoms with van der Waals surface area (Å²) in [5.74, 6) is 0.434. The van der Waals surface area contributed by atoms with Gasteiger partial charge in [-0.25, -0.2) is 4.39 Å². The molecule has 1 atom stereocenters. The summed E-state index contributed by atoms with van der Waals surface area (Å²) in [5.41, 5.74) is 0.351. The van der Waals surface area contributed by atoms with E-state index in [1.807, 2.05) is 18.2 Å². The minimum atomic E-state index is -0.414. The largest absolute Gasteiger partial charge is 0.455 e. The summed E-state index contributed by atoms with van der Waals surface area (Å²) in [5, 5.41) is 6.00. The van der Waals surface area contributed by atoms with Gasteiger partial charge in [-0.1, -0.05) is 18.2 Å². The summed E-state index contributed by atoms with van der Waals surface area (Å²) < 4.78 is 19.3.